The lowest BCUT2D eigenvalue weighted by molar-refractivity contribution is -0.128. The molecule has 2 aliphatic heterocycles. The largest absolute Gasteiger partial charge is 0.352 e. The molecule has 0 aliphatic carbocycles. The van der Waals surface area contributed by atoms with Gasteiger partial charge in [0.2, 0.25) is 21.8 Å². The molecule has 0 spiro atoms. The first-order valence-electron chi connectivity index (χ1n) is 11.2. The molecule has 0 saturated carbocycles. The van der Waals surface area contributed by atoms with E-state index in [0.717, 1.165) is 36.2 Å². The Morgan fingerprint density at radius 3 is 2.45 bits per heavy atom. The number of halogens is 1. The monoisotopic (exact) mass is 473 g/mol. The molecule has 2 fully saturated rings. The minimum atomic E-state index is -3.79. The van der Waals surface area contributed by atoms with Crippen molar-refractivity contribution in [1.29, 1.82) is 0 Å². The molecule has 2 saturated heterocycles. The lowest BCUT2D eigenvalue weighted by Gasteiger charge is -2.31. The summed E-state index contributed by atoms with van der Waals surface area (Å²) in [6.45, 7) is 2.02. The van der Waals surface area contributed by atoms with Gasteiger partial charge in [0.15, 0.2) is 0 Å². The molecule has 0 radical (unpaired) electrons. The van der Waals surface area contributed by atoms with Crippen LogP contribution in [0.25, 0.3) is 0 Å². The number of piperidine rings is 1. The summed E-state index contributed by atoms with van der Waals surface area (Å²) in [5.41, 5.74) is 1.94. The predicted molar refractivity (Wildman–Crippen MR) is 121 cm³/mol. The zero-order valence-corrected chi connectivity index (χ0v) is 19.2. The van der Waals surface area contributed by atoms with Crippen LogP contribution in [0.4, 0.5) is 4.39 Å². The molecule has 1 unspecified atom stereocenters. The Balaban J connectivity index is 1.38. The molecule has 2 heterocycles. The van der Waals surface area contributed by atoms with E-state index < -0.39 is 21.8 Å². The number of amides is 2. The van der Waals surface area contributed by atoms with Crippen molar-refractivity contribution in [2.45, 2.75) is 43.7 Å². The van der Waals surface area contributed by atoms with Crippen LogP contribution in [0, 0.1) is 11.7 Å². The van der Waals surface area contributed by atoms with Crippen LogP contribution < -0.4 is 5.32 Å². The van der Waals surface area contributed by atoms with Crippen molar-refractivity contribution in [1.82, 2.24) is 14.5 Å². The summed E-state index contributed by atoms with van der Waals surface area (Å²) in [5.74, 6) is -1.000. The van der Waals surface area contributed by atoms with Crippen molar-refractivity contribution in [3.63, 3.8) is 0 Å². The maximum atomic E-state index is 13.2. The summed E-state index contributed by atoms with van der Waals surface area (Å²) in [4.78, 5) is 26.7. The molecule has 1 atom stereocenters. The third-order valence-electron chi connectivity index (χ3n) is 6.31. The zero-order valence-electron chi connectivity index (χ0n) is 18.4. The van der Waals surface area contributed by atoms with Gasteiger partial charge in [-0.3, -0.25) is 9.59 Å². The van der Waals surface area contributed by atoms with E-state index in [2.05, 4.69) is 5.32 Å². The van der Waals surface area contributed by atoms with E-state index in [4.69, 9.17) is 0 Å². The SMILES string of the molecule is O=C(NCc1ccccc1CN1CCCC1=O)C1CCCN(S(=O)(=O)c2ccc(F)cc2)C1. The van der Waals surface area contributed by atoms with Crippen molar-refractivity contribution < 1.29 is 22.4 Å². The molecule has 2 amide bonds. The maximum absolute atomic E-state index is 13.2. The van der Waals surface area contributed by atoms with Crippen LogP contribution in [0.3, 0.4) is 0 Å². The highest BCUT2D eigenvalue weighted by Crippen LogP contribution is 2.24. The Labute approximate surface area is 193 Å². The second-order valence-corrected chi connectivity index (χ2v) is 10.5. The van der Waals surface area contributed by atoms with Gasteiger partial charge in [-0.05, 0) is 54.7 Å². The lowest BCUT2D eigenvalue weighted by Crippen LogP contribution is -2.45. The molecule has 33 heavy (non-hydrogen) atoms. The molecule has 0 aromatic heterocycles. The van der Waals surface area contributed by atoms with E-state index in [1.54, 1.807) is 0 Å². The molecule has 176 valence electrons. The fraction of sp³-hybridized carbons (Fsp3) is 0.417. The van der Waals surface area contributed by atoms with E-state index in [0.29, 0.717) is 38.9 Å². The molecule has 1 N–H and O–H groups in total. The van der Waals surface area contributed by atoms with Gasteiger partial charge in [-0.1, -0.05) is 24.3 Å². The summed E-state index contributed by atoms with van der Waals surface area (Å²) in [5, 5.41) is 2.95. The molecular weight excluding hydrogens is 445 g/mol. The smallest absolute Gasteiger partial charge is 0.243 e. The first-order chi connectivity index (χ1) is 15.8. The summed E-state index contributed by atoms with van der Waals surface area (Å²) in [6.07, 6.45) is 2.63. The van der Waals surface area contributed by atoms with Crippen LogP contribution in [0.5, 0.6) is 0 Å². The minimum absolute atomic E-state index is 0.0235. The third kappa shape index (κ3) is 5.42. The molecule has 9 heteroatoms. The van der Waals surface area contributed by atoms with Gasteiger partial charge in [-0.15, -0.1) is 0 Å². The van der Waals surface area contributed by atoms with Crippen molar-refractivity contribution in [2.75, 3.05) is 19.6 Å². The van der Waals surface area contributed by atoms with Crippen LogP contribution in [0.2, 0.25) is 0 Å². The minimum Gasteiger partial charge on any atom is -0.352 e. The van der Waals surface area contributed by atoms with Gasteiger partial charge >= 0.3 is 0 Å². The first-order valence-corrected chi connectivity index (χ1v) is 12.7. The first kappa shape index (κ1) is 23.4. The quantitative estimate of drug-likeness (QED) is 0.670. The highest BCUT2D eigenvalue weighted by molar-refractivity contribution is 7.89. The van der Waals surface area contributed by atoms with Gasteiger partial charge < -0.3 is 10.2 Å². The van der Waals surface area contributed by atoms with Crippen LogP contribution >= 0.6 is 0 Å². The number of likely N-dealkylation sites (tertiary alicyclic amines) is 1. The van der Waals surface area contributed by atoms with E-state index in [1.807, 2.05) is 29.2 Å². The van der Waals surface area contributed by atoms with E-state index in [-0.39, 0.29) is 23.3 Å². The summed E-state index contributed by atoms with van der Waals surface area (Å²) < 4.78 is 40.3. The van der Waals surface area contributed by atoms with Crippen molar-refractivity contribution in [3.8, 4) is 0 Å². The fourth-order valence-corrected chi connectivity index (χ4v) is 5.94. The molecule has 4 rings (SSSR count). The number of sulfonamides is 1. The second-order valence-electron chi connectivity index (χ2n) is 8.56. The van der Waals surface area contributed by atoms with Gasteiger partial charge in [0.05, 0.1) is 10.8 Å². The van der Waals surface area contributed by atoms with Crippen LogP contribution in [0.15, 0.2) is 53.4 Å². The van der Waals surface area contributed by atoms with Crippen LogP contribution in [-0.2, 0) is 32.7 Å². The Bertz CT molecular complexity index is 1120. The maximum Gasteiger partial charge on any atom is 0.243 e. The lowest BCUT2D eigenvalue weighted by atomic mass is 9.98. The van der Waals surface area contributed by atoms with Gasteiger partial charge in [0.25, 0.3) is 0 Å². The average Bonchev–Trinajstić information content (AvgIpc) is 3.23. The number of nitrogens with one attached hydrogen (secondary N) is 1. The molecule has 2 aliphatic rings. The van der Waals surface area contributed by atoms with Gasteiger partial charge in [-0.25, -0.2) is 12.8 Å². The van der Waals surface area contributed by atoms with Gasteiger partial charge in [0.1, 0.15) is 5.82 Å². The second kappa shape index (κ2) is 10.0. The van der Waals surface area contributed by atoms with E-state index in [9.17, 15) is 22.4 Å². The van der Waals surface area contributed by atoms with Crippen molar-refractivity contribution in [2.24, 2.45) is 5.92 Å². The number of rotatable bonds is 7. The Hall–Kier alpha value is -2.78. The number of carbonyl (C=O) groups excluding carboxylic acids is 2. The Kier molecular flexibility index (Phi) is 7.09. The predicted octanol–water partition coefficient (Wildman–Crippen LogP) is 2.67. The number of hydrogen-bond acceptors (Lipinski definition) is 4. The van der Waals surface area contributed by atoms with Gasteiger partial charge in [0, 0.05) is 39.1 Å². The summed E-state index contributed by atoms with van der Waals surface area (Å²) in [7, 11) is -3.79. The fourth-order valence-electron chi connectivity index (χ4n) is 4.42. The van der Waals surface area contributed by atoms with E-state index >= 15 is 0 Å². The van der Waals surface area contributed by atoms with Crippen LogP contribution in [-0.4, -0.2) is 49.1 Å². The van der Waals surface area contributed by atoms with Gasteiger partial charge in [-0.2, -0.15) is 4.31 Å². The molecule has 0 bridgehead atoms. The molecule has 2 aromatic carbocycles. The standard InChI is InChI=1S/C24H28FN3O4S/c25-21-9-11-22(12-10-21)33(31,32)28-14-3-7-20(17-28)24(30)26-15-18-5-1-2-6-19(18)16-27-13-4-8-23(27)29/h1-2,5-6,9-12,20H,3-4,7-8,13-17H2,(H,26,30). The zero-order chi connectivity index (χ0) is 23.4. The Morgan fingerprint density at radius 2 is 1.76 bits per heavy atom. The Morgan fingerprint density at radius 1 is 1.03 bits per heavy atom. The summed E-state index contributed by atoms with van der Waals surface area (Å²) >= 11 is 0. The average molecular weight is 474 g/mol. The van der Waals surface area contributed by atoms with Crippen molar-refractivity contribution >= 4 is 21.8 Å². The highest BCUT2D eigenvalue weighted by atomic mass is 32.2. The molecule has 2 aromatic rings. The third-order valence-corrected chi connectivity index (χ3v) is 8.19. The van der Waals surface area contributed by atoms with Crippen molar-refractivity contribution in [3.05, 3.63) is 65.5 Å². The summed E-state index contributed by atoms with van der Waals surface area (Å²) in [6, 6.07) is 12.4. The number of benzene rings is 2. The van der Waals surface area contributed by atoms with Crippen LogP contribution in [0.1, 0.15) is 36.8 Å². The number of hydrogen-bond donors (Lipinski definition) is 1. The normalized spacial score (nSPS) is 19.6. The number of carbonyl (C=O) groups is 2. The molecule has 7 nitrogen and oxygen atoms in total. The molecular formula is C24H28FN3O4S. The highest BCUT2D eigenvalue weighted by Gasteiger charge is 2.33. The van der Waals surface area contributed by atoms with E-state index in [1.165, 1.54) is 16.4 Å². The number of nitrogens with zero attached hydrogens (tertiary/aromatic N) is 2. The topological polar surface area (TPSA) is 86.8 Å².